The molecule has 0 spiro atoms. The fraction of sp³-hybridized carbons (Fsp3) is 0.0556. The van der Waals surface area contributed by atoms with E-state index in [1.165, 1.54) is 36.4 Å². The minimum atomic E-state index is -4.58. The van der Waals surface area contributed by atoms with Crippen LogP contribution in [0.15, 0.2) is 53.4 Å². The van der Waals surface area contributed by atoms with Gasteiger partial charge in [-0.15, -0.1) is 0 Å². The lowest BCUT2D eigenvalue weighted by Crippen LogP contribution is -2.12. The molecule has 0 fully saturated rings. The highest BCUT2D eigenvalue weighted by Crippen LogP contribution is 2.30. The largest absolute Gasteiger partial charge is 0.506 e. The van der Waals surface area contributed by atoms with Crippen LogP contribution in [-0.2, 0) is 10.1 Å². The Morgan fingerprint density at radius 2 is 1.79 bits per heavy atom. The average Bonchev–Trinajstić information content (AvgIpc) is 2.60. The number of carbonyl (C=O) groups excluding carboxylic acids is 1. The molecule has 0 heterocycles. The second-order valence-corrected chi connectivity index (χ2v) is 7.46. The molecule has 144 valence electrons. The molecular formula is C18H14N2O7S. The Bertz CT molecular complexity index is 1240. The van der Waals surface area contributed by atoms with Crippen LogP contribution in [-0.4, -0.2) is 28.9 Å². The predicted molar refractivity (Wildman–Crippen MR) is 101 cm³/mol. The van der Waals surface area contributed by atoms with Crippen molar-refractivity contribution in [3.8, 4) is 5.75 Å². The second kappa shape index (κ2) is 6.91. The van der Waals surface area contributed by atoms with Gasteiger partial charge in [0.15, 0.2) is 0 Å². The van der Waals surface area contributed by atoms with Gasteiger partial charge < -0.3 is 10.4 Å². The molecule has 10 heteroatoms. The zero-order chi connectivity index (χ0) is 20.6. The van der Waals surface area contributed by atoms with E-state index in [-0.39, 0.29) is 11.3 Å². The number of nitrogens with zero attached hydrogens (tertiary/aromatic N) is 1. The molecule has 3 aromatic carbocycles. The van der Waals surface area contributed by atoms with Crippen molar-refractivity contribution in [3.63, 3.8) is 0 Å². The number of carbonyl (C=O) groups is 1. The van der Waals surface area contributed by atoms with Crippen LogP contribution in [0.5, 0.6) is 5.75 Å². The number of fused-ring (bicyclic) bond motifs is 1. The number of nitro groups is 1. The smallest absolute Gasteiger partial charge is 0.298 e. The van der Waals surface area contributed by atoms with Gasteiger partial charge in [-0.25, -0.2) is 0 Å². The van der Waals surface area contributed by atoms with Crippen LogP contribution in [0.4, 0.5) is 11.4 Å². The zero-order valence-corrected chi connectivity index (χ0v) is 15.2. The molecule has 0 aromatic heterocycles. The number of aromatic hydroxyl groups is 1. The Kier molecular flexibility index (Phi) is 4.75. The van der Waals surface area contributed by atoms with Gasteiger partial charge in [0.1, 0.15) is 10.6 Å². The van der Waals surface area contributed by atoms with Crippen LogP contribution >= 0.6 is 0 Å². The average molecular weight is 402 g/mol. The summed E-state index contributed by atoms with van der Waals surface area (Å²) in [5.74, 6) is -1.20. The normalized spacial score (nSPS) is 11.4. The third-order valence-corrected chi connectivity index (χ3v) is 5.00. The first kappa shape index (κ1) is 19.3. The first-order valence-corrected chi connectivity index (χ1v) is 9.31. The van der Waals surface area contributed by atoms with Gasteiger partial charge in [0.2, 0.25) is 0 Å². The van der Waals surface area contributed by atoms with Crippen LogP contribution < -0.4 is 5.32 Å². The minimum Gasteiger partial charge on any atom is -0.506 e. The van der Waals surface area contributed by atoms with Crippen molar-refractivity contribution in [1.29, 1.82) is 0 Å². The van der Waals surface area contributed by atoms with Crippen LogP contribution in [0.2, 0.25) is 0 Å². The molecule has 0 bridgehead atoms. The highest BCUT2D eigenvalue weighted by molar-refractivity contribution is 7.86. The molecule has 1 amide bonds. The summed E-state index contributed by atoms with van der Waals surface area (Å²) < 4.78 is 31.6. The van der Waals surface area contributed by atoms with Crippen LogP contribution in [0.1, 0.15) is 15.9 Å². The lowest BCUT2D eigenvalue weighted by Gasteiger charge is -2.09. The Morgan fingerprint density at radius 3 is 2.43 bits per heavy atom. The standard InChI is InChI=1S/C18H14N2O7S/c1-10-2-3-12(7-15(10)20(23)24)18(22)19-14-5-4-11-9-17(28(25,26)27)16(21)8-13(11)6-14/h2-9,21H,1H3,(H,19,22)(H,25,26,27). The summed E-state index contributed by atoms with van der Waals surface area (Å²) in [6.45, 7) is 1.57. The third-order valence-electron chi connectivity index (χ3n) is 4.12. The number of nitro benzene ring substituents is 1. The van der Waals surface area contributed by atoms with E-state index in [9.17, 15) is 28.4 Å². The van der Waals surface area contributed by atoms with E-state index in [4.69, 9.17) is 4.55 Å². The molecule has 28 heavy (non-hydrogen) atoms. The van der Waals surface area contributed by atoms with E-state index >= 15 is 0 Å². The maximum absolute atomic E-state index is 12.4. The fourth-order valence-electron chi connectivity index (χ4n) is 2.70. The quantitative estimate of drug-likeness (QED) is 0.345. The van der Waals surface area contributed by atoms with Crippen molar-refractivity contribution in [2.24, 2.45) is 0 Å². The summed E-state index contributed by atoms with van der Waals surface area (Å²) in [6.07, 6.45) is 0. The van der Waals surface area contributed by atoms with Gasteiger partial charge in [-0.3, -0.25) is 19.5 Å². The maximum atomic E-state index is 12.4. The summed E-state index contributed by atoms with van der Waals surface area (Å²) in [5.41, 5.74) is 0.688. The molecule has 0 aliphatic rings. The van der Waals surface area contributed by atoms with E-state index in [0.29, 0.717) is 22.0 Å². The van der Waals surface area contributed by atoms with Crippen molar-refractivity contribution in [2.75, 3.05) is 5.32 Å². The summed E-state index contributed by atoms with van der Waals surface area (Å²) in [4.78, 5) is 22.2. The molecular weight excluding hydrogens is 388 g/mol. The van der Waals surface area contributed by atoms with Gasteiger partial charge in [-0.05, 0) is 48.0 Å². The van der Waals surface area contributed by atoms with Gasteiger partial charge in [0.25, 0.3) is 21.7 Å². The topological polar surface area (TPSA) is 147 Å². The number of hydrogen-bond acceptors (Lipinski definition) is 6. The molecule has 0 atom stereocenters. The van der Waals surface area contributed by atoms with E-state index in [0.717, 1.165) is 12.1 Å². The number of hydrogen-bond donors (Lipinski definition) is 3. The molecule has 0 saturated carbocycles. The molecule has 0 aliphatic carbocycles. The molecule has 0 saturated heterocycles. The van der Waals surface area contributed by atoms with Crippen molar-refractivity contribution in [1.82, 2.24) is 0 Å². The number of benzene rings is 3. The second-order valence-electron chi connectivity index (χ2n) is 6.07. The lowest BCUT2D eigenvalue weighted by atomic mass is 10.1. The Labute approximate surface area is 159 Å². The number of anilines is 1. The first-order valence-electron chi connectivity index (χ1n) is 7.87. The Balaban J connectivity index is 1.94. The van der Waals surface area contributed by atoms with Crippen molar-refractivity contribution >= 4 is 38.2 Å². The maximum Gasteiger partial charge on any atom is 0.298 e. The van der Waals surface area contributed by atoms with Gasteiger partial charge in [-0.1, -0.05) is 12.1 Å². The van der Waals surface area contributed by atoms with Crippen molar-refractivity contribution in [2.45, 2.75) is 11.8 Å². The van der Waals surface area contributed by atoms with E-state index in [2.05, 4.69) is 5.32 Å². The summed E-state index contributed by atoms with van der Waals surface area (Å²) in [5, 5.41) is 24.2. The highest BCUT2D eigenvalue weighted by Gasteiger charge is 2.17. The molecule has 0 unspecified atom stereocenters. The number of amides is 1. The molecule has 3 rings (SSSR count). The number of aryl methyl sites for hydroxylation is 1. The van der Waals surface area contributed by atoms with Crippen LogP contribution in [0.3, 0.4) is 0 Å². The number of phenols is 1. The Hall–Kier alpha value is -3.50. The van der Waals surface area contributed by atoms with E-state index in [1.54, 1.807) is 6.92 Å². The van der Waals surface area contributed by atoms with Crippen molar-refractivity contribution < 1.29 is 27.8 Å². The van der Waals surface area contributed by atoms with Crippen LogP contribution in [0.25, 0.3) is 10.8 Å². The zero-order valence-electron chi connectivity index (χ0n) is 14.4. The number of nitrogens with one attached hydrogen (secondary N) is 1. The summed E-state index contributed by atoms with van der Waals surface area (Å²) >= 11 is 0. The lowest BCUT2D eigenvalue weighted by molar-refractivity contribution is -0.385. The summed E-state index contributed by atoms with van der Waals surface area (Å²) in [6, 6.07) is 10.8. The van der Waals surface area contributed by atoms with Gasteiger partial charge in [-0.2, -0.15) is 8.42 Å². The Morgan fingerprint density at radius 1 is 1.07 bits per heavy atom. The predicted octanol–water partition coefficient (Wildman–Crippen LogP) is 3.26. The van der Waals surface area contributed by atoms with Crippen molar-refractivity contribution in [3.05, 3.63) is 69.8 Å². The first-order chi connectivity index (χ1) is 13.1. The highest BCUT2D eigenvalue weighted by atomic mass is 32.2. The number of phenolic OH excluding ortho intramolecular Hbond substituents is 1. The third kappa shape index (κ3) is 3.77. The van der Waals surface area contributed by atoms with Gasteiger partial charge in [0, 0.05) is 22.9 Å². The molecule has 9 nitrogen and oxygen atoms in total. The minimum absolute atomic E-state index is 0.0990. The van der Waals surface area contributed by atoms with E-state index < -0.39 is 31.6 Å². The number of rotatable bonds is 4. The summed E-state index contributed by atoms with van der Waals surface area (Å²) in [7, 11) is -4.58. The van der Waals surface area contributed by atoms with Crippen LogP contribution in [0, 0.1) is 17.0 Å². The molecule has 0 aliphatic heterocycles. The van der Waals surface area contributed by atoms with E-state index in [1.807, 2.05) is 0 Å². The monoisotopic (exact) mass is 402 g/mol. The fourth-order valence-corrected chi connectivity index (χ4v) is 3.30. The van der Waals surface area contributed by atoms with Gasteiger partial charge >= 0.3 is 0 Å². The molecule has 3 aromatic rings. The molecule has 0 radical (unpaired) electrons. The van der Waals surface area contributed by atoms with Gasteiger partial charge in [0.05, 0.1) is 4.92 Å². The SMILES string of the molecule is Cc1ccc(C(=O)Nc2ccc3cc(S(=O)(=O)O)c(O)cc3c2)cc1[N+](=O)[O-]. The molecule has 3 N–H and O–H groups in total.